The summed E-state index contributed by atoms with van der Waals surface area (Å²) in [5.41, 5.74) is 0.676. The molecular formula is C10H6Cl2N6O2S. The molecule has 21 heavy (non-hydrogen) atoms. The zero-order valence-electron chi connectivity index (χ0n) is 10.1. The zero-order chi connectivity index (χ0) is 15.0. The van der Waals surface area contributed by atoms with Crippen molar-refractivity contribution in [1.29, 1.82) is 0 Å². The second-order valence-corrected chi connectivity index (χ2v) is 6.29. The van der Waals surface area contributed by atoms with Crippen LogP contribution >= 0.6 is 23.2 Å². The van der Waals surface area contributed by atoms with E-state index in [1.165, 1.54) is 18.5 Å². The Morgan fingerprint density at radius 1 is 1.14 bits per heavy atom. The summed E-state index contributed by atoms with van der Waals surface area (Å²) in [5, 5.41) is 0.246. The predicted molar refractivity (Wildman–Crippen MR) is 76.7 cm³/mol. The molecule has 0 aromatic carbocycles. The minimum absolute atomic E-state index is 0.0597. The molecule has 0 amide bonds. The van der Waals surface area contributed by atoms with Gasteiger partial charge in [-0.3, -0.25) is 0 Å². The summed E-state index contributed by atoms with van der Waals surface area (Å²) < 4.78 is 26.5. The maximum Gasteiger partial charge on any atom is 0.265 e. The van der Waals surface area contributed by atoms with Gasteiger partial charge in [-0.05, 0) is 12.1 Å². The van der Waals surface area contributed by atoms with Gasteiger partial charge < -0.3 is 4.98 Å². The second-order valence-electron chi connectivity index (χ2n) is 3.86. The van der Waals surface area contributed by atoms with E-state index >= 15 is 0 Å². The number of pyridine rings is 1. The SMILES string of the molecule is O=S(=O)(Nc1nc(Cl)c2[nH]cnc2n1)c1ccc(Cl)nc1. The van der Waals surface area contributed by atoms with Crippen LogP contribution in [-0.2, 0) is 10.0 Å². The molecule has 0 aliphatic heterocycles. The predicted octanol–water partition coefficient (Wildman–Crippen LogP) is 1.86. The van der Waals surface area contributed by atoms with Crippen molar-refractivity contribution in [2.24, 2.45) is 0 Å². The van der Waals surface area contributed by atoms with Gasteiger partial charge in [0, 0.05) is 6.20 Å². The van der Waals surface area contributed by atoms with Crippen LogP contribution in [0.3, 0.4) is 0 Å². The fourth-order valence-corrected chi connectivity index (χ4v) is 2.76. The highest BCUT2D eigenvalue weighted by Gasteiger charge is 2.18. The van der Waals surface area contributed by atoms with E-state index in [0.29, 0.717) is 5.52 Å². The average molecular weight is 345 g/mol. The number of fused-ring (bicyclic) bond motifs is 1. The molecule has 0 spiro atoms. The largest absolute Gasteiger partial charge is 0.341 e. The Kier molecular flexibility index (Phi) is 3.40. The van der Waals surface area contributed by atoms with Gasteiger partial charge in [0.2, 0.25) is 5.95 Å². The lowest BCUT2D eigenvalue weighted by Crippen LogP contribution is -2.15. The van der Waals surface area contributed by atoms with Gasteiger partial charge in [-0.2, -0.15) is 9.97 Å². The molecule has 0 aliphatic rings. The molecule has 3 aromatic rings. The van der Waals surface area contributed by atoms with Crippen LogP contribution in [0.5, 0.6) is 0 Å². The Hall–Kier alpha value is -1.97. The van der Waals surface area contributed by atoms with Crippen LogP contribution in [0.2, 0.25) is 10.3 Å². The first kappa shape index (κ1) is 14.0. The van der Waals surface area contributed by atoms with Gasteiger partial charge in [0.1, 0.15) is 15.6 Å². The van der Waals surface area contributed by atoms with E-state index in [4.69, 9.17) is 23.2 Å². The topological polar surface area (TPSA) is 114 Å². The molecule has 0 unspecified atom stereocenters. The fourth-order valence-electron chi connectivity index (χ4n) is 1.54. The number of aromatic nitrogens is 5. The van der Waals surface area contributed by atoms with E-state index in [-0.39, 0.29) is 26.8 Å². The van der Waals surface area contributed by atoms with Crippen molar-refractivity contribution in [2.75, 3.05) is 4.72 Å². The lowest BCUT2D eigenvalue weighted by atomic mass is 10.5. The zero-order valence-corrected chi connectivity index (χ0v) is 12.4. The molecule has 11 heteroatoms. The summed E-state index contributed by atoms with van der Waals surface area (Å²) >= 11 is 11.5. The molecule has 2 N–H and O–H groups in total. The van der Waals surface area contributed by atoms with Crippen molar-refractivity contribution >= 4 is 50.3 Å². The van der Waals surface area contributed by atoms with Crippen molar-refractivity contribution in [1.82, 2.24) is 24.9 Å². The molecule has 0 atom stereocenters. The summed E-state index contributed by atoms with van der Waals surface area (Å²) in [5.74, 6) is -0.186. The molecule has 108 valence electrons. The van der Waals surface area contributed by atoms with Crippen molar-refractivity contribution < 1.29 is 8.42 Å². The highest BCUT2D eigenvalue weighted by molar-refractivity contribution is 7.92. The maximum absolute atomic E-state index is 12.2. The molecule has 0 saturated carbocycles. The summed E-state index contributed by atoms with van der Waals surface area (Å²) in [4.78, 5) is 18.1. The minimum atomic E-state index is -3.89. The van der Waals surface area contributed by atoms with Gasteiger partial charge in [0.25, 0.3) is 10.0 Å². The Balaban J connectivity index is 1.98. The Morgan fingerprint density at radius 3 is 2.67 bits per heavy atom. The molecule has 3 aromatic heterocycles. The third kappa shape index (κ3) is 2.75. The van der Waals surface area contributed by atoms with E-state index in [2.05, 4.69) is 29.6 Å². The summed E-state index contributed by atoms with van der Waals surface area (Å²) in [6.45, 7) is 0. The smallest absolute Gasteiger partial charge is 0.265 e. The highest BCUT2D eigenvalue weighted by Crippen LogP contribution is 2.20. The number of sulfonamides is 1. The van der Waals surface area contributed by atoms with Gasteiger partial charge in [-0.25, -0.2) is 23.1 Å². The second kappa shape index (κ2) is 5.10. The number of nitrogens with zero attached hydrogens (tertiary/aromatic N) is 4. The third-order valence-electron chi connectivity index (χ3n) is 2.48. The standard InChI is InChI=1S/C10H6Cl2N6O2S/c11-6-2-1-5(3-13-6)21(19,20)18-10-16-8(12)7-9(17-10)15-4-14-7/h1-4H,(H2,14,15,16,17,18). The molecule has 0 saturated heterocycles. The number of rotatable bonds is 3. The molecular weight excluding hydrogens is 339 g/mol. The van der Waals surface area contributed by atoms with Crippen molar-refractivity contribution in [3.8, 4) is 0 Å². The molecule has 3 rings (SSSR count). The van der Waals surface area contributed by atoms with Crippen LogP contribution in [0.4, 0.5) is 5.95 Å². The summed E-state index contributed by atoms with van der Waals surface area (Å²) in [6, 6.07) is 2.67. The molecule has 0 fully saturated rings. The van der Waals surface area contributed by atoms with Crippen LogP contribution < -0.4 is 4.72 Å². The van der Waals surface area contributed by atoms with Gasteiger partial charge in [0.15, 0.2) is 10.8 Å². The number of hydrogen-bond donors (Lipinski definition) is 2. The molecule has 8 nitrogen and oxygen atoms in total. The van der Waals surface area contributed by atoms with E-state index < -0.39 is 10.0 Å². The summed E-state index contributed by atoms with van der Waals surface area (Å²) in [6.07, 6.45) is 2.51. The Labute approximate surface area is 128 Å². The van der Waals surface area contributed by atoms with Gasteiger partial charge in [0.05, 0.1) is 6.33 Å². The van der Waals surface area contributed by atoms with Crippen LogP contribution in [0, 0.1) is 0 Å². The molecule has 0 aliphatic carbocycles. The summed E-state index contributed by atoms with van der Waals surface area (Å²) in [7, 11) is -3.89. The number of anilines is 1. The lowest BCUT2D eigenvalue weighted by molar-refractivity contribution is 0.600. The van der Waals surface area contributed by atoms with Crippen molar-refractivity contribution in [2.45, 2.75) is 4.90 Å². The number of hydrogen-bond acceptors (Lipinski definition) is 6. The lowest BCUT2D eigenvalue weighted by Gasteiger charge is -2.06. The first-order valence-electron chi connectivity index (χ1n) is 5.47. The van der Waals surface area contributed by atoms with Gasteiger partial charge >= 0.3 is 0 Å². The number of nitrogens with one attached hydrogen (secondary N) is 2. The van der Waals surface area contributed by atoms with Crippen LogP contribution in [0.1, 0.15) is 0 Å². The first-order valence-corrected chi connectivity index (χ1v) is 7.70. The number of imidazole rings is 1. The van der Waals surface area contributed by atoms with Gasteiger partial charge in [-0.15, -0.1) is 0 Å². The highest BCUT2D eigenvalue weighted by atomic mass is 35.5. The number of aromatic amines is 1. The monoisotopic (exact) mass is 344 g/mol. The van der Waals surface area contributed by atoms with E-state index in [9.17, 15) is 8.42 Å². The number of halogens is 2. The Morgan fingerprint density at radius 2 is 1.95 bits per heavy atom. The molecule has 0 bridgehead atoms. The van der Waals surface area contributed by atoms with Crippen molar-refractivity contribution in [3.05, 3.63) is 35.0 Å². The van der Waals surface area contributed by atoms with Crippen LogP contribution in [-0.4, -0.2) is 33.3 Å². The Bertz CT molecular complexity index is 909. The molecule has 0 radical (unpaired) electrons. The quantitative estimate of drug-likeness (QED) is 0.553. The van der Waals surface area contributed by atoms with Crippen LogP contribution in [0.15, 0.2) is 29.6 Å². The third-order valence-corrected chi connectivity index (χ3v) is 4.29. The minimum Gasteiger partial charge on any atom is -0.341 e. The van der Waals surface area contributed by atoms with Gasteiger partial charge in [-0.1, -0.05) is 23.2 Å². The fraction of sp³-hybridized carbons (Fsp3) is 0. The maximum atomic E-state index is 12.2. The van der Waals surface area contributed by atoms with Crippen LogP contribution in [0.25, 0.3) is 11.2 Å². The van der Waals surface area contributed by atoms with E-state index in [1.807, 2.05) is 0 Å². The van der Waals surface area contributed by atoms with E-state index in [1.54, 1.807) is 0 Å². The molecule has 3 heterocycles. The van der Waals surface area contributed by atoms with Crippen molar-refractivity contribution in [3.63, 3.8) is 0 Å². The van der Waals surface area contributed by atoms with E-state index in [0.717, 1.165) is 6.20 Å². The average Bonchev–Trinajstić information content (AvgIpc) is 2.87. The first-order chi connectivity index (χ1) is 9.95. The number of H-pyrrole nitrogens is 1. The normalized spacial score (nSPS) is 11.7.